The fourth-order valence-electron chi connectivity index (χ4n) is 3.08. The number of benzene rings is 1. The summed E-state index contributed by atoms with van der Waals surface area (Å²) in [6, 6.07) is 4.34. The van der Waals surface area contributed by atoms with Gasteiger partial charge in [0.2, 0.25) is 0 Å². The zero-order valence-electron chi connectivity index (χ0n) is 17.3. The van der Waals surface area contributed by atoms with Crippen LogP contribution in [0.3, 0.4) is 0 Å². The summed E-state index contributed by atoms with van der Waals surface area (Å²) in [5, 5.41) is 9.52. The van der Waals surface area contributed by atoms with Crippen LogP contribution in [-0.4, -0.2) is 24.9 Å². The normalized spacial score (nSPS) is 10.9. The molecule has 0 spiro atoms. The van der Waals surface area contributed by atoms with Gasteiger partial charge in [-0.25, -0.2) is 0 Å². The summed E-state index contributed by atoms with van der Waals surface area (Å²) in [5.74, 6) is 1.82. The number of ether oxygens (including phenoxy) is 2. The van der Waals surface area contributed by atoms with Crippen molar-refractivity contribution in [3.05, 3.63) is 23.3 Å². The summed E-state index contributed by atoms with van der Waals surface area (Å²) in [7, 11) is 0. The summed E-state index contributed by atoms with van der Waals surface area (Å²) in [6.45, 7) is 8.22. The monoisotopic (exact) mass is 364 g/mol. The van der Waals surface area contributed by atoms with Crippen molar-refractivity contribution in [2.75, 3.05) is 19.8 Å². The quantitative estimate of drug-likeness (QED) is 0.361. The summed E-state index contributed by atoms with van der Waals surface area (Å²) in [6.07, 6.45) is 12.2. The van der Waals surface area contributed by atoms with Crippen molar-refractivity contribution in [2.45, 2.75) is 91.4 Å². The van der Waals surface area contributed by atoms with E-state index in [1.54, 1.807) is 0 Å². The molecule has 0 aliphatic heterocycles. The molecule has 3 heteroatoms. The molecule has 1 rings (SSSR count). The highest BCUT2D eigenvalue weighted by Crippen LogP contribution is 2.32. The van der Waals surface area contributed by atoms with Crippen molar-refractivity contribution >= 4 is 0 Å². The molecule has 1 N–H and O–H groups in total. The van der Waals surface area contributed by atoms with Gasteiger partial charge in [-0.05, 0) is 43.4 Å². The predicted octanol–water partition coefficient (Wildman–Crippen LogP) is 6.09. The lowest BCUT2D eigenvalue weighted by Crippen LogP contribution is -2.07. The highest BCUT2D eigenvalue weighted by molar-refractivity contribution is 5.48. The highest BCUT2D eigenvalue weighted by Gasteiger charge is 2.14. The van der Waals surface area contributed by atoms with Crippen LogP contribution in [0.15, 0.2) is 12.1 Å². The smallest absolute Gasteiger partial charge is 0.126 e. The topological polar surface area (TPSA) is 38.7 Å². The molecule has 0 amide bonds. The Labute approximate surface area is 161 Å². The maximum Gasteiger partial charge on any atom is 0.126 e. The molecule has 3 nitrogen and oxygen atoms in total. The minimum absolute atomic E-state index is 0.117. The first-order chi connectivity index (χ1) is 12.8. The maximum absolute atomic E-state index is 9.52. The number of aliphatic hydroxyl groups excluding tert-OH is 1. The van der Waals surface area contributed by atoms with E-state index in [4.69, 9.17) is 9.47 Å². The fraction of sp³-hybridized carbons (Fsp3) is 0.739. The van der Waals surface area contributed by atoms with E-state index in [1.807, 2.05) is 0 Å². The average molecular weight is 365 g/mol. The van der Waals surface area contributed by atoms with Gasteiger partial charge >= 0.3 is 0 Å². The van der Waals surface area contributed by atoms with E-state index in [0.717, 1.165) is 49.5 Å². The van der Waals surface area contributed by atoms with Crippen molar-refractivity contribution in [1.29, 1.82) is 0 Å². The summed E-state index contributed by atoms with van der Waals surface area (Å²) >= 11 is 0. The van der Waals surface area contributed by atoms with E-state index in [9.17, 15) is 5.11 Å². The molecule has 0 bridgehead atoms. The Morgan fingerprint density at radius 2 is 1.19 bits per heavy atom. The SMILES string of the molecule is CCCCCOc1cc(CCCCC)cc(OCCCCC)c1CCO. The van der Waals surface area contributed by atoms with Crippen molar-refractivity contribution in [2.24, 2.45) is 0 Å². The van der Waals surface area contributed by atoms with Gasteiger partial charge in [-0.3, -0.25) is 0 Å². The van der Waals surface area contributed by atoms with Gasteiger partial charge in [0.1, 0.15) is 11.5 Å². The third kappa shape index (κ3) is 8.93. The number of aliphatic hydroxyl groups is 1. The molecular weight excluding hydrogens is 324 g/mol. The Morgan fingerprint density at radius 1 is 0.692 bits per heavy atom. The van der Waals surface area contributed by atoms with Crippen LogP contribution in [-0.2, 0) is 12.8 Å². The molecule has 0 unspecified atom stereocenters. The molecule has 1 aromatic rings. The van der Waals surface area contributed by atoms with Crippen molar-refractivity contribution in [1.82, 2.24) is 0 Å². The first-order valence-electron chi connectivity index (χ1n) is 10.8. The largest absolute Gasteiger partial charge is 0.493 e. The molecule has 26 heavy (non-hydrogen) atoms. The number of aryl methyl sites for hydroxylation is 1. The van der Waals surface area contributed by atoms with Crippen molar-refractivity contribution < 1.29 is 14.6 Å². The zero-order valence-corrected chi connectivity index (χ0v) is 17.3. The molecule has 0 saturated heterocycles. The van der Waals surface area contributed by atoms with Crippen molar-refractivity contribution in [3.63, 3.8) is 0 Å². The van der Waals surface area contributed by atoms with E-state index in [0.29, 0.717) is 6.42 Å². The van der Waals surface area contributed by atoms with Crippen LogP contribution in [0.1, 0.15) is 89.7 Å². The Bertz CT molecular complexity index is 438. The van der Waals surface area contributed by atoms with Crippen LogP contribution < -0.4 is 9.47 Å². The minimum Gasteiger partial charge on any atom is -0.493 e. The van der Waals surface area contributed by atoms with Gasteiger partial charge in [0.15, 0.2) is 0 Å². The molecule has 0 fully saturated rings. The van der Waals surface area contributed by atoms with Gasteiger partial charge in [0.05, 0.1) is 13.2 Å². The highest BCUT2D eigenvalue weighted by atomic mass is 16.5. The standard InChI is InChI=1S/C23H40O3/c1-4-7-10-13-20-18-22(25-16-11-8-5-2)21(14-15-24)23(19-20)26-17-12-9-6-3/h18-19,24H,4-17H2,1-3H3. The van der Waals surface area contributed by atoms with E-state index < -0.39 is 0 Å². The second-order valence-electron chi connectivity index (χ2n) is 7.11. The molecule has 0 aliphatic carbocycles. The number of unbranched alkanes of at least 4 members (excludes halogenated alkanes) is 6. The van der Waals surface area contributed by atoms with E-state index in [1.165, 1.54) is 50.5 Å². The molecule has 0 aliphatic rings. The van der Waals surface area contributed by atoms with Gasteiger partial charge in [-0.15, -0.1) is 0 Å². The Morgan fingerprint density at radius 3 is 1.65 bits per heavy atom. The van der Waals surface area contributed by atoms with Crippen LogP contribution in [0.5, 0.6) is 11.5 Å². The van der Waals surface area contributed by atoms with Gasteiger partial charge < -0.3 is 14.6 Å². The molecule has 0 heterocycles. The molecular formula is C23H40O3. The Kier molecular flexibility index (Phi) is 13.1. The first kappa shape index (κ1) is 22.8. The molecule has 0 aromatic heterocycles. The van der Waals surface area contributed by atoms with Crippen LogP contribution in [0, 0.1) is 0 Å². The van der Waals surface area contributed by atoms with E-state index in [2.05, 4.69) is 32.9 Å². The number of hydrogen-bond donors (Lipinski definition) is 1. The van der Waals surface area contributed by atoms with Crippen LogP contribution in [0.4, 0.5) is 0 Å². The minimum atomic E-state index is 0.117. The third-order valence-corrected chi connectivity index (χ3v) is 4.67. The lowest BCUT2D eigenvalue weighted by molar-refractivity contribution is 0.269. The van der Waals surface area contributed by atoms with Gasteiger partial charge in [0, 0.05) is 18.6 Å². The Hall–Kier alpha value is -1.22. The van der Waals surface area contributed by atoms with Gasteiger partial charge in [-0.1, -0.05) is 59.3 Å². The second-order valence-corrected chi connectivity index (χ2v) is 7.11. The van der Waals surface area contributed by atoms with Gasteiger partial charge in [0.25, 0.3) is 0 Å². The maximum atomic E-state index is 9.52. The van der Waals surface area contributed by atoms with Crippen LogP contribution in [0.25, 0.3) is 0 Å². The number of rotatable bonds is 16. The van der Waals surface area contributed by atoms with Gasteiger partial charge in [-0.2, -0.15) is 0 Å². The van der Waals surface area contributed by atoms with E-state index >= 15 is 0 Å². The van der Waals surface area contributed by atoms with E-state index in [-0.39, 0.29) is 6.61 Å². The van der Waals surface area contributed by atoms with Crippen LogP contribution >= 0.6 is 0 Å². The predicted molar refractivity (Wildman–Crippen MR) is 111 cm³/mol. The second kappa shape index (κ2) is 14.9. The Balaban J connectivity index is 2.92. The van der Waals surface area contributed by atoms with Crippen molar-refractivity contribution in [3.8, 4) is 11.5 Å². The zero-order chi connectivity index (χ0) is 19.0. The molecule has 1 aromatic carbocycles. The molecule has 0 atom stereocenters. The summed E-state index contributed by atoms with van der Waals surface area (Å²) < 4.78 is 12.2. The fourth-order valence-corrected chi connectivity index (χ4v) is 3.08. The lowest BCUT2D eigenvalue weighted by Gasteiger charge is -2.18. The summed E-state index contributed by atoms with van der Waals surface area (Å²) in [4.78, 5) is 0. The molecule has 0 saturated carbocycles. The molecule has 150 valence electrons. The van der Waals surface area contributed by atoms with Crippen LogP contribution in [0.2, 0.25) is 0 Å². The molecule has 0 radical (unpaired) electrons. The summed E-state index contributed by atoms with van der Waals surface area (Å²) in [5.41, 5.74) is 2.32. The third-order valence-electron chi connectivity index (χ3n) is 4.67. The average Bonchev–Trinajstić information content (AvgIpc) is 2.65. The first-order valence-corrected chi connectivity index (χ1v) is 10.8. The number of hydrogen-bond acceptors (Lipinski definition) is 3. The lowest BCUT2D eigenvalue weighted by atomic mass is 10.0.